The topological polar surface area (TPSA) is 66.6 Å². The van der Waals surface area contributed by atoms with Crippen molar-refractivity contribution < 1.29 is 9.59 Å². The van der Waals surface area contributed by atoms with E-state index in [-0.39, 0.29) is 42.7 Å². The third kappa shape index (κ3) is 4.47. The van der Waals surface area contributed by atoms with E-state index in [1.165, 1.54) is 6.42 Å². The van der Waals surface area contributed by atoms with Gasteiger partial charge in [0.2, 0.25) is 11.8 Å². The largest absolute Gasteiger partial charge is 0.335 e. The number of nitrogens with two attached hydrogens (primary N) is 1. The van der Waals surface area contributed by atoms with Gasteiger partial charge in [0.25, 0.3) is 0 Å². The van der Waals surface area contributed by atoms with Crippen molar-refractivity contribution in [3.8, 4) is 0 Å². The lowest BCUT2D eigenvalue weighted by Crippen LogP contribution is -2.55. The van der Waals surface area contributed by atoms with E-state index in [4.69, 9.17) is 17.3 Å². The molecular weight excluding hydrogens is 397 g/mol. The molecular formula is C21H29Cl2N3O2. The molecule has 2 atom stereocenters. The lowest BCUT2D eigenvalue weighted by Gasteiger charge is -2.45. The Bertz CT molecular complexity index is 715. The van der Waals surface area contributed by atoms with Crippen molar-refractivity contribution in [2.45, 2.75) is 44.7 Å². The molecule has 1 aromatic carbocycles. The molecule has 5 nitrogen and oxygen atoms in total. The molecule has 2 bridgehead atoms. The minimum Gasteiger partial charge on any atom is -0.335 e. The molecule has 1 saturated heterocycles. The second kappa shape index (κ2) is 9.02. The maximum atomic E-state index is 13.0. The number of hydrogen-bond donors (Lipinski definition) is 1. The molecule has 2 unspecified atom stereocenters. The monoisotopic (exact) mass is 425 g/mol. The molecule has 28 heavy (non-hydrogen) atoms. The third-order valence-corrected chi connectivity index (χ3v) is 6.89. The summed E-state index contributed by atoms with van der Waals surface area (Å²) in [5, 5.41) is 0.676. The summed E-state index contributed by atoms with van der Waals surface area (Å²) in [5.74, 6) is 1.18. The predicted molar refractivity (Wildman–Crippen MR) is 112 cm³/mol. The summed E-state index contributed by atoms with van der Waals surface area (Å²) in [6, 6.07) is 7.84. The first-order valence-corrected chi connectivity index (χ1v) is 10.5. The van der Waals surface area contributed by atoms with Crippen LogP contribution in [0.15, 0.2) is 24.3 Å². The van der Waals surface area contributed by atoms with Gasteiger partial charge in [0.05, 0.1) is 6.54 Å². The quantitative estimate of drug-likeness (QED) is 0.808. The zero-order valence-corrected chi connectivity index (χ0v) is 17.6. The van der Waals surface area contributed by atoms with Crippen LogP contribution < -0.4 is 5.73 Å². The SMILES string of the molecule is Cl.NC1C2CCCC1CC(C(=O)N1CCN(Cc3cccc(Cl)c3)C(=O)C1)C2. The fraction of sp³-hybridized carbons (Fsp3) is 0.619. The Morgan fingerprint density at radius 1 is 1.18 bits per heavy atom. The third-order valence-electron chi connectivity index (χ3n) is 6.66. The predicted octanol–water partition coefficient (Wildman–Crippen LogP) is 3.09. The van der Waals surface area contributed by atoms with Crippen molar-refractivity contribution in [3.05, 3.63) is 34.9 Å². The van der Waals surface area contributed by atoms with Gasteiger partial charge in [-0.15, -0.1) is 12.4 Å². The molecule has 0 spiro atoms. The molecule has 2 amide bonds. The molecule has 154 valence electrons. The van der Waals surface area contributed by atoms with E-state index in [0.29, 0.717) is 36.5 Å². The minimum atomic E-state index is 0. The molecule has 2 saturated carbocycles. The molecule has 2 N–H and O–H groups in total. The van der Waals surface area contributed by atoms with Gasteiger partial charge < -0.3 is 15.5 Å². The maximum absolute atomic E-state index is 13.0. The average Bonchev–Trinajstić information content (AvgIpc) is 2.63. The van der Waals surface area contributed by atoms with Crippen LogP contribution in [0.3, 0.4) is 0 Å². The number of hydrogen-bond acceptors (Lipinski definition) is 3. The van der Waals surface area contributed by atoms with Crippen molar-refractivity contribution in [2.24, 2.45) is 23.5 Å². The zero-order valence-electron chi connectivity index (χ0n) is 16.1. The second-order valence-electron chi connectivity index (χ2n) is 8.40. The van der Waals surface area contributed by atoms with Gasteiger partial charge in [-0.3, -0.25) is 9.59 Å². The summed E-state index contributed by atoms with van der Waals surface area (Å²) in [6.07, 6.45) is 5.33. The lowest BCUT2D eigenvalue weighted by molar-refractivity contribution is -0.149. The van der Waals surface area contributed by atoms with Crippen LogP contribution in [-0.2, 0) is 16.1 Å². The van der Waals surface area contributed by atoms with Crippen molar-refractivity contribution in [1.82, 2.24) is 9.80 Å². The van der Waals surface area contributed by atoms with Crippen LogP contribution in [0.25, 0.3) is 0 Å². The van der Waals surface area contributed by atoms with Crippen LogP contribution >= 0.6 is 24.0 Å². The summed E-state index contributed by atoms with van der Waals surface area (Å²) >= 11 is 6.03. The van der Waals surface area contributed by atoms with Crippen molar-refractivity contribution in [1.29, 1.82) is 0 Å². The highest BCUT2D eigenvalue weighted by Crippen LogP contribution is 2.42. The highest BCUT2D eigenvalue weighted by molar-refractivity contribution is 6.30. The number of halogens is 2. The van der Waals surface area contributed by atoms with E-state index in [9.17, 15) is 9.59 Å². The second-order valence-corrected chi connectivity index (χ2v) is 8.84. The number of carbonyl (C=O) groups excluding carboxylic acids is 2. The van der Waals surface area contributed by atoms with Crippen LogP contribution in [0, 0.1) is 17.8 Å². The van der Waals surface area contributed by atoms with E-state index < -0.39 is 0 Å². The van der Waals surface area contributed by atoms with E-state index in [1.807, 2.05) is 29.2 Å². The molecule has 4 rings (SSSR count). The molecule has 1 heterocycles. The average molecular weight is 426 g/mol. The fourth-order valence-corrected chi connectivity index (χ4v) is 5.38. The van der Waals surface area contributed by atoms with Gasteiger partial charge >= 0.3 is 0 Å². The summed E-state index contributed by atoms with van der Waals surface area (Å²) in [5.41, 5.74) is 7.37. The zero-order chi connectivity index (χ0) is 19.0. The minimum absolute atomic E-state index is 0. The van der Waals surface area contributed by atoms with E-state index in [1.54, 1.807) is 4.90 Å². The number of carbonyl (C=O) groups is 2. The molecule has 3 aliphatic rings. The molecule has 1 aliphatic heterocycles. The summed E-state index contributed by atoms with van der Waals surface area (Å²) in [6.45, 7) is 1.93. The highest BCUT2D eigenvalue weighted by atomic mass is 35.5. The first-order valence-electron chi connectivity index (χ1n) is 10.1. The van der Waals surface area contributed by atoms with Gasteiger partial charge in [0.1, 0.15) is 0 Å². The molecule has 0 aromatic heterocycles. The van der Waals surface area contributed by atoms with Crippen LogP contribution in [0.4, 0.5) is 0 Å². The normalized spacial score (nSPS) is 30.0. The van der Waals surface area contributed by atoms with Gasteiger partial charge in [0.15, 0.2) is 0 Å². The Kier molecular flexibility index (Phi) is 6.89. The Balaban J connectivity index is 0.00000225. The van der Waals surface area contributed by atoms with Crippen LogP contribution in [0.2, 0.25) is 5.02 Å². The molecule has 7 heteroatoms. The van der Waals surface area contributed by atoms with Crippen molar-refractivity contribution in [2.75, 3.05) is 19.6 Å². The van der Waals surface area contributed by atoms with Gasteiger partial charge in [-0.05, 0) is 55.2 Å². The van der Waals surface area contributed by atoms with E-state index >= 15 is 0 Å². The number of amides is 2. The van der Waals surface area contributed by atoms with E-state index in [0.717, 1.165) is 31.2 Å². The maximum Gasteiger partial charge on any atom is 0.242 e. The molecule has 0 radical (unpaired) electrons. The van der Waals surface area contributed by atoms with Crippen molar-refractivity contribution >= 4 is 35.8 Å². The standard InChI is InChI=1S/C21H28ClN3O2.ClH/c22-18-6-1-3-14(9-18)12-24-7-8-25(13-19(24)26)21(27)17-10-15-4-2-5-16(11-17)20(15)23;/h1,3,6,9,15-17,20H,2,4-5,7-8,10-13,23H2;1H. The summed E-state index contributed by atoms with van der Waals surface area (Å²) in [7, 11) is 0. The Morgan fingerprint density at radius 3 is 2.54 bits per heavy atom. The molecule has 2 aliphatic carbocycles. The molecule has 3 fully saturated rings. The number of benzene rings is 1. The van der Waals surface area contributed by atoms with Crippen molar-refractivity contribution in [3.63, 3.8) is 0 Å². The fourth-order valence-electron chi connectivity index (χ4n) is 5.17. The first kappa shape index (κ1) is 21.4. The number of piperazine rings is 1. The van der Waals surface area contributed by atoms with Gasteiger partial charge in [-0.25, -0.2) is 0 Å². The number of rotatable bonds is 3. The number of fused-ring (bicyclic) bond motifs is 2. The Hall–Kier alpha value is -1.30. The summed E-state index contributed by atoms with van der Waals surface area (Å²) in [4.78, 5) is 29.2. The van der Waals surface area contributed by atoms with E-state index in [2.05, 4.69) is 0 Å². The van der Waals surface area contributed by atoms with Gasteiger partial charge in [0, 0.05) is 36.6 Å². The van der Waals surface area contributed by atoms with Crippen LogP contribution in [-0.4, -0.2) is 47.3 Å². The molecule has 1 aromatic rings. The van der Waals surface area contributed by atoms with Crippen LogP contribution in [0.5, 0.6) is 0 Å². The van der Waals surface area contributed by atoms with Crippen LogP contribution in [0.1, 0.15) is 37.7 Å². The Labute approximate surface area is 178 Å². The summed E-state index contributed by atoms with van der Waals surface area (Å²) < 4.78 is 0. The highest BCUT2D eigenvalue weighted by Gasteiger charge is 2.42. The van der Waals surface area contributed by atoms with Gasteiger partial charge in [-0.2, -0.15) is 0 Å². The number of nitrogens with zero attached hydrogens (tertiary/aromatic N) is 2. The lowest BCUT2D eigenvalue weighted by atomic mass is 9.65. The first-order chi connectivity index (χ1) is 13.0. The smallest absolute Gasteiger partial charge is 0.242 e. The Morgan fingerprint density at radius 2 is 1.89 bits per heavy atom. The van der Waals surface area contributed by atoms with Gasteiger partial charge in [-0.1, -0.05) is 30.2 Å².